The third-order valence-corrected chi connectivity index (χ3v) is 5.02. The lowest BCUT2D eigenvalue weighted by Crippen LogP contribution is -2.45. The molecule has 2 unspecified atom stereocenters. The van der Waals surface area contributed by atoms with Crippen molar-refractivity contribution in [3.8, 4) is 0 Å². The van der Waals surface area contributed by atoms with Crippen LogP contribution in [0.25, 0.3) is 10.9 Å². The van der Waals surface area contributed by atoms with Crippen molar-refractivity contribution < 1.29 is 4.79 Å². The Hall–Kier alpha value is -2.21. The molecule has 1 fully saturated rings. The van der Waals surface area contributed by atoms with Gasteiger partial charge < -0.3 is 15.6 Å². The zero-order valence-corrected chi connectivity index (χ0v) is 14.7. The first-order chi connectivity index (χ1) is 12.0. The number of hydrogen-bond acceptors (Lipinski definition) is 4. The summed E-state index contributed by atoms with van der Waals surface area (Å²) in [5.74, 6) is 1.22. The lowest BCUT2D eigenvalue weighted by atomic mass is 9.92. The molecule has 3 rings (SSSR count). The molecule has 0 saturated carbocycles. The molecular formula is C19H26N4O2. The Morgan fingerprint density at radius 2 is 2.24 bits per heavy atom. The fourth-order valence-electron chi connectivity index (χ4n) is 3.48. The molecule has 2 heterocycles. The highest BCUT2D eigenvalue weighted by Gasteiger charge is 2.25. The van der Waals surface area contributed by atoms with Gasteiger partial charge in [-0.15, -0.1) is 0 Å². The number of benzene rings is 1. The minimum Gasteiger partial charge on any atom is -0.342 e. The molecule has 2 aromatic rings. The number of nitrogens with one attached hydrogen (secondary N) is 1. The minimum atomic E-state index is -0.122. The van der Waals surface area contributed by atoms with Crippen LogP contribution < -0.4 is 11.3 Å². The molecular weight excluding hydrogens is 316 g/mol. The van der Waals surface area contributed by atoms with Gasteiger partial charge in [0.05, 0.1) is 10.9 Å². The average Bonchev–Trinajstić information content (AvgIpc) is 2.62. The summed E-state index contributed by atoms with van der Waals surface area (Å²) in [5, 5.41) is 0.595. The molecule has 6 nitrogen and oxygen atoms in total. The SMILES string of the molecule is CC(N)C1CCCN(C(=O)CCCc2nc3ccccc3c(=O)[nH]2)C1. The number of aromatic nitrogens is 2. The highest BCUT2D eigenvalue weighted by molar-refractivity contribution is 5.77. The van der Waals surface area contributed by atoms with Crippen LogP contribution in [0, 0.1) is 5.92 Å². The van der Waals surface area contributed by atoms with E-state index in [1.807, 2.05) is 30.0 Å². The van der Waals surface area contributed by atoms with Gasteiger partial charge >= 0.3 is 0 Å². The standard InChI is InChI=1S/C19H26N4O2/c1-13(20)14-6-5-11-23(12-14)18(24)10-4-9-17-21-16-8-3-2-7-15(16)19(25)22-17/h2-3,7-8,13-14H,4-6,9-12,20H2,1H3,(H,21,22,25). The smallest absolute Gasteiger partial charge is 0.258 e. The Bertz CT molecular complexity index is 799. The van der Waals surface area contributed by atoms with Crippen molar-refractivity contribution in [3.63, 3.8) is 0 Å². The highest BCUT2D eigenvalue weighted by atomic mass is 16.2. The Morgan fingerprint density at radius 3 is 3.04 bits per heavy atom. The van der Waals surface area contributed by atoms with Crippen molar-refractivity contribution >= 4 is 16.8 Å². The number of nitrogens with zero attached hydrogens (tertiary/aromatic N) is 2. The van der Waals surface area contributed by atoms with Crippen LogP contribution in [-0.4, -0.2) is 39.9 Å². The summed E-state index contributed by atoms with van der Waals surface area (Å²) >= 11 is 0. The summed E-state index contributed by atoms with van der Waals surface area (Å²) < 4.78 is 0. The number of carbonyl (C=O) groups is 1. The van der Waals surface area contributed by atoms with Crippen LogP contribution in [0.5, 0.6) is 0 Å². The van der Waals surface area contributed by atoms with Gasteiger partial charge in [0.2, 0.25) is 5.91 Å². The second-order valence-corrected chi connectivity index (χ2v) is 6.98. The van der Waals surface area contributed by atoms with E-state index in [1.165, 1.54) is 0 Å². The van der Waals surface area contributed by atoms with Gasteiger partial charge in [0.25, 0.3) is 5.56 Å². The first-order valence-electron chi connectivity index (χ1n) is 9.06. The molecule has 1 saturated heterocycles. The quantitative estimate of drug-likeness (QED) is 0.867. The highest BCUT2D eigenvalue weighted by Crippen LogP contribution is 2.19. The molecule has 0 spiro atoms. The summed E-state index contributed by atoms with van der Waals surface area (Å²) in [4.78, 5) is 33.7. The second kappa shape index (κ2) is 7.78. The summed E-state index contributed by atoms with van der Waals surface area (Å²) in [6.07, 6.45) is 3.87. The fraction of sp³-hybridized carbons (Fsp3) is 0.526. The molecule has 134 valence electrons. The number of aryl methyl sites for hydroxylation is 1. The second-order valence-electron chi connectivity index (χ2n) is 6.98. The Morgan fingerprint density at radius 1 is 1.44 bits per heavy atom. The minimum absolute atomic E-state index is 0.122. The van der Waals surface area contributed by atoms with Gasteiger partial charge in [-0.05, 0) is 44.2 Å². The van der Waals surface area contributed by atoms with Crippen molar-refractivity contribution in [2.24, 2.45) is 11.7 Å². The molecule has 1 aliphatic heterocycles. The Balaban J connectivity index is 1.56. The summed E-state index contributed by atoms with van der Waals surface area (Å²) in [6, 6.07) is 7.42. The lowest BCUT2D eigenvalue weighted by Gasteiger charge is -2.34. The van der Waals surface area contributed by atoms with E-state index in [0.717, 1.165) is 25.9 Å². The van der Waals surface area contributed by atoms with Crippen LogP contribution in [0.1, 0.15) is 38.4 Å². The van der Waals surface area contributed by atoms with Crippen LogP contribution >= 0.6 is 0 Å². The van der Waals surface area contributed by atoms with E-state index in [1.54, 1.807) is 6.07 Å². The van der Waals surface area contributed by atoms with Crippen molar-refractivity contribution in [1.82, 2.24) is 14.9 Å². The third-order valence-electron chi connectivity index (χ3n) is 5.02. The first kappa shape index (κ1) is 17.6. The van der Waals surface area contributed by atoms with E-state index in [2.05, 4.69) is 9.97 Å². The van der Waals surface area contributed by atoms with Crippen molar-refractivity contribution in [1.29, 1.82) is 0 Å². The van der Waals surface area contributed by atoms with E-state index in [9.17, 15) is 9.59 Å². The van der Waals surface area contributed by atoms with E-state index >= 15 is 0 Å². The number of rotatable bonds is 5. The molecule has 3 N–H and O–H groups in total. The van der Waals surface area contributed by atoms with Gasteiger partial charge in [0.15, 0.2) is 0 Å². The first-order valence-corrected chi connectivity index (χ1v) is 9.06. The van der Waals surface area contributed by atoms with Crippen molar-refractivity contribution in [2.75, 3.05) is 13.1 Å². The van der Waals surface area contributed by atoms with Crippen molar-refractivity contribution in [2.45, 2.75) is 45.1 Å². The number of nitrogens with two attached hydrogens (primary N) is 1. The van der Waals surface area contributed by atoms with Crippen LogP contribution in [0.2, 0.25) is 0 Å². The molecule has 1 aromatic carbocycles. The molecule has 0 radical (unpaired) electrons. The number of piperidine rings is 1. The van der Waals surface area contributed by atoms with Crippen LogP contribution in [0.4, 0.5) is 0 Å². The summed E-state index contributed by atoms with van der Waals surface area (Å²) in [7, 11) is 0. The van der Waals surface area contributed by atoms with Gasteiger partial charge in [0.1, 0.15) is 5.82 Å². The van der Waals surface area contributed by atoms with E-state index in [0.29, 0.717) is 41.9 Å². The number of hydrogen-bond donors (Lipinski definition) is 2. The Kier molecular flexibility index (Phi) is 5.48. The largest absolute Gasteiger partial charge is 0.342 e. The maximum atomic E-state index is 12.4. The molecule has 1 aliphatic rings. The number of H-pyrrole nitrogens is 1. The molecule has 2 atom stereocenters. The van der Waals surface area contributed by atoms with E-state index < -0.39 is 0 Å². The van der Waals surface area contributed by atoms with Gasteiger partial charge in [-0.3, -0.25) is 9.59 Å². The number of fused-ring (bicyclic) bond motifs is 1. The van der Waals surface area contributed by atoms with Crippen molar-refractivity contribution in [3.05, 3.63) is 40.4 Å². The molecule has 6 heteroatoms. The summed E-state index contributed by atoms with van der Waals surface area (Å²) in [5.41, 5.74) is 6.56. The normalized spacial score (nSPS) is 19.1. The zero-order chi connectivity index (χ0) is 17.8. The molecule has 1 aromatic heterocycles. The Labute approximate surface area is 147 Å². The van der Waals surface area contributed by atoms with Gasteiger partial charge in [-0.25, -0.2) is 4.98 Å². The third kappa shape index (κ3) is 4.25. The summed E-state index contributed by atoms with van der Waals surface area (Å²) in [6.45, 7) is 3.61. The van der Waals surface area contributed by atoms with Crippen LogP contribution in [-0.2, 0) is 11.2 Å². The molecule has 0 aliphatic carbocycles. The lowest BCUT2D eigenvalue weighted by molar-refractivity contribution is -0.133. The topological polar surface area (TPSA) is 92.1 Å². The maximum Gasteiger partial charge on any atom is 0.258 e. The maximum absolute atomic E-state index is 12.4. The molecule has 25 heavy (non-hydrogen) atoms. The predicted molar refractivity (Wildman–Crippen MR) is 98.3 cm³/mol. The van der Waals surface area contributed by atoms with E-state index in [-0.39, 0.29) is 17.5 Å². The predicted octanol–water partition coefficient (Wildman–Crippen LogP) is 1.83. The average molecular weight is 342 g/mol. The van der Waals surface area contributed by atoms with Gasteiger partial charge in [-0.1, -0.05) is 12.1 Å². The van der Waals surface area contributed by atoms with Crippen LogP contribution in [0.15, 0.2) is 29.1 Å². The zero-order valence-electron chi connectivity index (χ0n) is 14.7. The van der Waals surface area contributed by atoms with Crippen LogP contribution in [0.3, 0.4) is 0 Å². The number of carbonyl (C=O) groups excluding carboxylic acids is 1. The number of amides is 1. The van der Waals surface area contributed by atoms with E-state index in [4.69, 9.17) is 5.73 Å². The molecule has 0 bridgehead atoms. The number of para-hydroxylation sites is 1. The number of aromatic amines is 1. The van der Waals surface area contributed by atoms with Gasteiger partial charge in [0, 0.05) is 32.0 Å². The monoisotopic (exact) mass is 342 g/mol. The molecule has 1 amide bonds. The van der Waals surface area contributed by atoms with Gasteiger partial charge in [-0.2, -0.15) is 0 Å². The fourth-order valence-corrected chi connectivity index (χ4v) is 3.48. The number of likely N-dealkylation sites (tertiary alicyclic amines) is 1.